The Bertz CT molecular complexity index is 1580. The van der Waals surface area contributed by atoms with Gasteiger partial charge in [-0.15, -0.1) is 0 Å². The zero-order valence-electron chi connectivity index (χ0n) is 24.2. The van der Waals surface area contributed by atoms with Crippen LogP contribution in [0.4, 0.5) is 0 Å². The number of halogens is 2. The summed E-state index contributed by atoms with van der Waals surface area (Å²) >= 11 is -4.94. The maximum atomic E-state index is 8.69. The summed E-state index contributed by atoms with van der Waals surface area (Å²) in [6.07, 6.45) is 4.86. The average Bonchev–Trinajstić information content (AvgIpc) is 3.57. The molecule has 0 fully saturated rings. The molecular formula is C36H37Cl2SiZr. The van der Waals surface area contributed by atoms with Crippen molar-refractivity contribution >= 4 is 46.2 Å². The van der Waals surface area contributed by atoms with Crippen LogP contribution < -0.4 is 0 Å². The Morgan fingerprint density at radius 3 is 1.23 bits per heavy atom. The van der Waals surface area contributed by atoms with E-state index in [9.17, 15) is 0 Å². The molecule has 203 valence electrons. The van der Waals surface area contributed by atoms with E-state index >= 15 is 0 Å². The fourth-order valence-corrected chi connectivity index (χ4v) is 37.6. The minimum atomic E-state index is -4.94. The summed E-state index contributed by atoms with van der Waals surface area (Å²) in [5, 5.41) is 0. The number of allylic oxidation sites excluding steroid dienone is 2. The van der Waals surface area contributed by atoms with Crippen molar-refractivity contribution in [3.05, 3.63) is 141 Å². The van der Waals surface area contributed by atoms with Crippen LogP contribution in [-0.4, -0.2) is 5.92 Å². The third-order valence-corrected chi connectivity index (χ3v) is 61.1. The molecule has 2 aliphatic carbocycles. The summed E-state index contributed by atoms with van der Waals surface area (Å²) in [4.78, 5) is 0. The second-order valence-electron chi connectivity index (χ2n) is 12.2. The van der Waals surface area contributed by atoms with Crippen molar-refractivity contribution in [3.8, 4) is 0 Å². The number of rotatable bonds is 5. The van der Waals surface area contributed by atoms with E-state index < -0.39 is 21.5 Å². The zero-order valence-corrected chi connectivity index (χ0v) is 29.4. The van der Waals surface area contributed by atoms with E-state index in [-0.39, 0.29) is 7.25 Å². The number of hydrogen-bond acceptors (Lipinski definition) is 0. The molecule has 0 bridgehead atoms. The van der Waals surface area contributed by atoms with Gasteiger partial charge in [0.2, 0.25) is 0 Å². The van der Waals surface area contributed by atoms with Crippen LogP contribution in [0.2, 0.25) is 13.1 Å². The van der Waals surface area contributed by atoms with Crippen LogP contribution in [0.25, 0.3) is 23.3 Å². The SMILES string of the molecule is Cc1ccc(C)c2c1C=C(c1ccccc1)[CH]2[Zr]([Cl])([Cl])([CH]1C(c2ccccc2)=Cc2c(C)ccc(C)c21)[SiH](C)C. The first-order chi connectivity index (χ1) is 19.0. The van der Waals surface area contributed by atoms with Gasteiger partial charge in [-0.05, 0) is 0 Å². The van der Waals surface area contributed by atoms with Crippen molar-refractivity contribution < 1.29 is 15.6 Å². The van der Waals surface area contributed by atoms with Gasteiger partial charge in [-0.25, -0.2) is 0 Å². The van der Waals surface area contributed by atoms with Crippen molar-refractivity contribution in [2.24, 2.45) is 0 Å². The molecule has 4 aromatic rings. The van der Waals surface area contributed by atoms with E-state index in [0.717, 1.165) is 0 Å². The summed E-state index contributed by atoms with van der Waals surface area (Å²) in [6.45, 7) is 13.8. The van der Waals surface area contributed by atoms with Gasteiger partial charge < -0.3 is 0 Å². The standard InChI is InChI=1S/2C17H15.C2H7Si.2ClH.Zr/c2*1-12-8-9-13(2)17-11-15(10-16(12)17)14-6-4-3-5-7-14;1-3-2;;;/h2*3-11H,1-2H3;3H,1-2H3;2*1H;/q;;;;;+2/p-2. The molecule has 0 spiro atoms. The number of hydrogen-bond donors (Lipinski definition) is 0. The number of benzene rings is 4. The average molecular weight is 660 g/mol. The molecule has 0 saturated carbocycles. The molecule has 0 amide bonds. The molecule has 0 N–H and O–H groups in total. The van der Waals surface area contributed by atoms with Crippen LogP contribution in [-0.2, 0) is 15.6 Å². The van der Waals surface area contributed by atoms with Crippen LogP contribution in [0.5, 0.6) is 0 Å². The Labute approximate surface area is 248 Å². The first kappa shape index (κ1) is 28.2. The molecule has 0 saturated heterocycles. The molecule has 6 rings (SSSR count). The summed E-state index contributed by atoms with van der Waals surface area (Å²) < 4.78 is 0.0495. The number of aryl methyl sites for hydroxylation is 4. The Hall–Kier alpha value is -1.96. The summed E-state index contributed by atoms with van der Waals surface area (Å²) in [5.74, 6) is -1.68. The van der Waals surface area contributed by atoms with Crippen LogP contribution in [0.3, 0.4) is 0 Å². The van der Waals surface area contributed by atoms with Gasteiger partial charge in [-0.3, -0.25) is 0 Å². The predicted molar refractivity (Wildman–Crippen MR) is 177 cm³/mol. The molecule has 4 aromatic carbocycles. The minimum absolute atomic E-state index is 0.0247. The van der Waals surface area contributed by atoms with E-state index in [0.29, 0.717) is 0 Å². The van der Waals surface area contributed by atoms with Gasteiger partial charge in [0.15, 0.2) is 0 Å². The van der Waals surface area contributed by atoms with Crippen LogP contribution in [0.1, 0.15) is 62.9 Å². The van der Waals surface area contributed by atoms with Gasteiger partial charge in [0.05, 0.1) is 0 Å². The summed E-state index contributed by atoms with van der Waals surface area (Å²) in [6, 6.07) is 30.8. The quantitative estimate of drug-likeness (QED) is 0.187. The van der Waals surface area contributed by atoms with Gasteiger partial charge in [-0.2, -0.15) is 0 Å². The number of fused-ring (bicyclic) bond motifs is 2. The molecule has 0 heterocycles. The zero-order chi connectivity index (χ0) is 28.4. The molecule has 40 heavy (non-hydrogen) atoms. The van der Waals surface area contributed by atoms with Crippen LogP contribution >= 0.6 is 17.0 Å². The molecule has 4 heteroatoms. The maximum absolute atomic E-state index is 8.69. The second-order valence-corrected chi connectivity index (χ2v) is 54.7. The molecule has 0 nitrogen and oxygen atoms in total. The van der Waals surface area contributed by atoms with E-state index in [1.54, 1.807) is 0 Å². The van der Waals surface area contributed by atoms with E-state index in [1.807, 2.05) is 0 Å². The Morgan fingerprint density at radius 2 is 0.875 bits per heavy atom. The van der Waals surface area contributed by atoms with Gasteiger partial charge in [0, 0.05) is 0 Å². The van der Waals surface area contributed by atoms with Gasteiger partial charge in [-0.1, -0.05) is 0 Å². The van der Waals surface area contributed by atoms with Crippen molar-refractivity contribution in [1.29, 1.82) is 0 Å². The first-order valence-corrected chi connectivity index (χ1v) is 30.7. The monoisotopic (exact) mass is 657 g/mol. The predicted octanol–water partition coefficient (Wildman–Crippen LogP) is 10.8. The van der Waals surface area contributed by atoms with E-state index in [4.69, 9.17) is 17.0 Å². The molecule has 2 atom stereocenters. The molecule has 2 aliphatic rings. The molecule has 0 aromatic heterocycles. The third kappa shape index (κ3) is 4.09. The first-order valence-electron chi connectivity index (χ1n) is 14.4. The van der Waals surface area contributed by atoms with E-state index in [2.05, 4.69) is 138 Å². The molecule has 2 unspecified atom stereocenters. The fourth-order valence-electron chi connectivity index (χ4n) is 7.39. The Kier molecular flexibility index (Phi) is 7.11. The fraction of sp³-hybridized carbons (Fsp3) is 0.222. The normalized spacial score (nSPS) is 19.1. The molecular weight excluding hydrogens is 623 g/mol. The Balaban J connectivity index is 1.73. The van der Waals surface area contributed by atoms with Crippen molar-refractivity contribution in [3.63, 3.8) is 0 Å². The Morgan fingerprint density at radius 1 is 0.525 bits per heavy atom. The van der Waals surface area contributed by atoms with Crippen molar-refractivity contribution in [1.82, 2.24) is 0 Å². The van der Waals surface area contributed by atoms with Crippen molar-refractivity contribution in [2.75, 3.05) is 0 Å². The van der Waals surface area contributed by atoms with E-state index in [1.165, 1.54) is 66.8 Å². The molecule has 0 aliphatic heterocycles. The van der Waals surface area contributed by atoms with Crippen LogP contribution in [0.15, 0.2) is 84.9 Å². The second kappa shape index (κ2) is 10.1. The van der Waals surface area contributed by atoms with Gasteiger partial charge in [0.25, 0.3) is 0 Å². The topological polar surface area (TPSA) is 0 Å². The van der Waals surface area contributed by atoms with Gasteiger partial charge >= 0.3 is 250 Å². The summed E-state index contributed by atoms with van der Waals surface area (Å²) in [7, 11) is 17.4. The summed E-state index contributed by atoms with van der Waals surface area (Å²) in [5.41, 5.74) is 15.7. The van der Waals surface area contributed by atoms with Gasteiger partial charge in [0.1, 0.15) is 0 Å². The molecule has 0 radical (unpaired) electrons. The van der Waals surface area contributed by atoms with Crippen LogP contribution in [0, 0.1) is 27.7 Å². The van der Waals surface area contributed by atoms with Crippen molar-refractivity contribution in [2.45, 2.75) is 48.0 Å². The third-order valence-electron chi connectivity index (χ3n) is 9.67.